The van der Waals surface area contributed by atoms with E-state index in [9.17, 15) is 0 Å². The van der Waals surface area contributed by atoms with Gasteiger partial charge in [0.15, 0.2) is 0 Å². The van der Waals surface area contributed by atoms with E-state index < -0.39 is 0 Å². The zero-order chi connectivity index (χ0) is 16.4. The molecule has 2 aromatic rings. The minimum Gasteiger partial charge on any atom is -0.371 e. The lowest BCUT2D eigenvalue weighted by atomic mass is 9.95. The van der Waals surface area contributed by atoms with E-state index in [0.29, 0.717) is 6.04 Å². The van der Waals surface area contributed by atoms with E-state index >= 15 is 0 Å². The normalized spacial score (nSPS) is 20.1. The van der Waals surface area contributed by atoms with Crippen LogP contribution in [0.4, 0.5) is 5.69 Å². The van der Waals surface area contributed by atoms with Gasteiger partial charge in [0.1, 0.15) is 0 Å². The van der Waals surface area contributed by atoms with Gasteiger partial charge in [-0.25, -0.2) is 0 Å². The number of fused-ring (bicyclic) bond motifs is 1. The van der Waals surface area contributed by atoms with Crippen LogP contribution in [0, 0.1) is 5.92 Å². The molecule has 0 spiro atoms. The van der Waals surface area contributed by atoms with E-state index in [4.69, 9.17) is 0 Å². The first-order valence-corrected chi connectivity index (χ1v) is 9.14. The zero-order valence-electron chi connectivity index (χ0n) is 14.4. The van der Waals surface area contributed by atoms with Crippen LogP contribution < -0.4 is 4.90 Å². The maximum absolute atomic E-state index is 4.47. The lowest BCUT2D eigenvalue weighted by molar-refractivity contribution is 0.140. The highest BCUT2D eigenvalue weighted by atomic mass is 15.2. The minimum atomic E-state index is 0.368. The quantitative estimate of drug-likeness (QED) is 0.864. The molecule has 3 heterocycles. The number of benzene rings is 1. The van der Waals surface area contributed by atoms with Crippen molar-refractivity contribution >= 4 is 5.69 Å². The molecule has 0 bridgehead atoms. The molecule has 1 unspecified atom stereocenters. The number of nitrogens with zero attached hydrogens (tertiary/aromatic N) is 4. The smallest absolute Gasteiger partial charge is 0.0755 e. The van der Waals surface area contributed by atoms with Crippen molar-refractivity contribution in [1.82, 2.24) is 14.9 Å². The predicted octanol–water partition coefficient (Wildman–Crippen LogP) is 3.31. The lowest BCUT2D eigenvalue weighted by Crippen LogP contribution is -2.39. The van der Waals surface area contributed by atoms with Gasteiger partial charge < -0.3 is 4.90 Å². The van der Waals surface area contributed by atoms with Gasteiger partial charge in [-0.15, -0.1) is 0 Å². The summed E-state index contributed by atoms with van der Waals surface area (Å²) in [5, 5.41) is 0. The second-order valence-corrected chi connectivity index (χ2v) is 7.11. The van der Waals surface area contributed by atoms with E-state index in [1.165, 1.54) is 43.6 Å². The Morgan fingerprint density at radius 2 is 1.96 bits per heavy atom. The van der Waals surface area contributed by atoms with Crippen molar-refractivity contribution in [1.29, 1.82) is 0 Å². The van der Waals surface area contributed by atoms with Gasteiger partial charge in [-0.3, -0.25) is 14.9 Å². The first-order chi connectivity index (χ1) is 11.8. The Kier molecular flexibility index (Phi) is 4.48. The summed E-state index contributed by atoms with van der Waals surface area (Å²) in [7, 11) is 0. The molecule has 2 aliphatic heterocycles. The molecule has 4 rings (SSSR count). The monoisotopic (exact) mass is 322 g/mol. The molecular formula is C20H26N4. The summed E-state index contributed by atoms with van der Waals surface area (Å²) in [4.78, 5) is 13.8. The maximum atomic E-state index is 4.47. The van der Waals surface area contributed by atoms with Crippen LogP contribution in [0.2, 0.25) is 0 Å². The van der Waals surface area contributed by atoms with Crippen LogP contribution in [0.3, 0.4) is 0 Å². The molecule has 1 fully saturated rings. The van der Waals surface area contributed by atoms with Crippen molar-refractivity contribution in [3.05, 3.63) is 54.1 Å². The van der Waals surface area contributed by atoms with Crippen LogP contribution >= 0.6 is 0 Å². The molecular weight excluding hydrogens is 296 g/mol. The Morgan fingerprint density at radius 1 is 1.12 bits per heavy atom. The Labute approximate surface area is 144 Å². The van der Waals surface area contributed by atoms with E-state index in [0.717, 1.165) is 24.7 Å². The SMILES string of the molecule is CC(c1cnccn1)N1CCC(CN2CCc3ccccc32)CC1. The topological polar surface area (TPSA) is 32.3 Å². The van der Waals surface area contributed by atoms with Crippen LogP contribution in [0.5, 0.6) is 0 Å². The van der Waals surface area contributed by atoms with Gasteiger partial charge in [0, 0.05) is 37.4 Å². The Morgan fingerprint density at radius 3 is 2.75 bits per heavy atom. The molecule has 0 aliphatic carbocycles. The highest BCUT2D eigenvalue weighted by Crippen LogP contribution is 2.31. The van der Waals surface area contributed by atoms with Crippen LogP contribution in [0.25, 0.3) is 0 Å². The van der Waals surface area contributed by atoms with Crippen molar-refractivity contribution in [3.8, 4) is 0 Å². The summed E-state index contributed by atoms with van der Waals surface area (Å²) in [5.74, 6) is 0.807. The maximum Gasteiger partial charge on any atom is 0.0755 e. The Bertz CT molecular complexity index is 664. The highest BCUT2D eigenvalue weighted by Gasteiger charge is 2.27. The second-order valence-electron chi connectivity index (χ2n) is 7.11. The molecule has 126 valence electrons. The average Bonchev–Trinajstić information content (AvgIpc) is 3.06. The summed E-state index contributed by atoms with van der Waals surface area (Å²) < 4.78 is 0. The molecule has 0 radical (unpaired) electrons. The fourth-order valence-electron chi connectivity index (χ4n) is 4.14. The fourth-order valence-corrected chi connectivity index (χ4v) is 4.14. The van der Waals surface area contributed by atoms with E-state index in [-0.39, 0.29) is 0 Å². The highest BCUT2D eigenvalue weighted by molar-refractivity contribution is 5.57. The number of rotatable bonds is 4. The molecule has 1 saturated heterocycles. The van der Waals surface area contributed by atoms with Crippen LogP contribution in [0.1, 0.15) is 37.1 Å². The number of hydrogen-bond donors (Lipinski definition) is 0. The summed E-state index contributed by atoms with van der Waals surface area (Å²) in [5.41, 5.74) is 4.07. The van der Waals surface area contributed by atoms with Gasteiger partial charge in [0.05, 0.1) is 11.7 Å². The number of anilines is 1. The average molecular weight is 322 g/mol. The van der Waals surface area contributed by atoms with Gasteiger partial charge in [-0.1, -0.05) is 18.2 Å². The third kappa shape index (κ3) is 3.16. The number of likely N-dealkylation sites (tertiary alicyclic amines) is 1. The predicted molar refractivity (Wildman–Crippen MR) is 97.1 cm³/mol. The van der Waals surface area contributed by atoms with Gasteiger partial charge in [-0.2, -0.15) is 0 Å². The van der Waals surface area contributed by atoms with Crippen molar-refractivity contribution < 1.29 is 0 Å². The van der Waals surface area contributed by atoms with Crippen molar-refractivity contribution in [2.45, 2.75) is 32.2 Å². The molecule has 0 amide bonds. The first-order valence-electron chi connectivity index (χ1n) is 9.14. The molecule has 0 saturated carbocycles. The summed E-state index contributed by atoms with van der Waals surface area (Å²) in [6, 6.07) is 9.26. The molecule has 24 heavy (non-hydrogen) atoms. The number of hydrogen-bond acceptors (Lipinski definition) is 4. The third-order valence-corrected chi connectivity index (χ3v) is 5.67. The standard InChI is InChI=1S/C20H26N4/c1-16(19-14-21-9-10-22-19)23-11-6-17(7-12-23)15-24-13-8-18-4-2-3-5-20(18)24/h2-5,9-10,14,16-17H,6-8,11-13,15H2,1H3. The Hall–Kier alpha value is -1.94. The van der Waals surface area contributed by atoms with Crippen molar-refractivity contribution in [2.24, 2.45) is 5.92 Å². The molecule has 4 nitrogen and oxygen atoms in total. The van der Waals surface area contributed by atoms with Crippen LogP contribution in [-0.4, -0.2) is 41.0 Å². The number of para-hydroxylation sites is 1. The molecule has 0 N–H and O–H groups in total. The first kappa shape index (κ1) is 15.6. The summed E-state index contributed by atoms with van der Waals surface area (Å²) >= 11 is 0. The number of piperidine rings is 1. The zero-order valence-corrected chi connectivity index (χ0v) is 14.4. The molecule has 2 aliphatic rings. The van der Waals surface area contributed by atoms with Crippen molar-refractivity contribution in [3.63, 3.8) is 0 Å². The molecule has 1 aromatic heterocycles. The van der Waals surface area contributed by atoms with Gasteiger partial charge >= 0.3 is 0 Å². The molecule has 1 aromatic carbocycles. The number of aromatic nitrogens is 2. The fraction of sp³-hybridized carbons (Fsp3) is 0.500. The van der Waals surface area contributed by atoms with Crippen LogP contribution in [-0.2, 0) is 6.42 Å². The van der Waals surface area contributed by atoms with E-state index in [1.807, 2.05) is 6.20 Å². The van der Waals surface area contributed by atoms with Crippen LogP contribution in [0.15, 0.2) is 42.9 Å². The van der Waals surface area contributed by atoms with E-state index in [2.05, 4.69) is 51.0 Å². The molecule has 4 heteroatoms. The largest absolute Gasteiger partial charge is 0.371 e. The summed E-state index contributed by atoms with van der Waals surface area (Å²) in [6.45, 7) is 6.98. The minimum absolute atomic E-state index is 0.368. The molecule has 1 atom stereocenters. The lowest BCUT2D eigenvalue weighted by Gasteiger charge is -2.37. The summed E-state index contributed by atoms with van der Waals surface area (Å²) in [6.07, 6.45) is 9.21. The van der Waals surface area contributed by atoms with E-state index in [1.54, 1.807) is 12.4 Å². The third-order valence-electron chi connectivity index (χ3n) is 5.67. The second kappa shape index (κ2) is 6.89. The Balaban J connectivity index is 1.32. The van der Waals surface area contributed by atoms with Gasteiger partial charge in [-0.05, 0) is 56.8 Å². The van der Waals surface area contributed by atoms with Gasteiger partial charge in [0.25, 0.3) is 0 Å². The van der Waals surface area contributed by atoms with Crippen molar-refractivity contribution in [2.75, 3.05) is 31.1 Å². The van der Waals surface area contributed by atoms with Gasteiger partial charge in [0.2, 0.25) is 0 Å².